The third-order valence-electron chi connectivity index (χ3n) is 6.90. The van der Waals surface area contributed by atoms with E-state index in [2.05, 4.69) is 5.32 Å². The number of benzene rings is 1. The molecule has 0 spiro atoms. The lowest BCUT2D eigenvalue weighted by Crippen LogP contribution is -2.51. The Labute approximate surface area is 175 Å². The molecule has 1 amide bonds. The van der Waals surface area contributed by atoms with Gasteiger partial charge in [-0.05, 0) is 85.3 Å². The molecule has 5 heteroatoms. The molecule has 4 fully saturated rings. The highest BCUT2D eigenvalue weighted by atomic mass is 35.5. The first-order valence-electron chi connectivity index (χ1n) is 10.3. The predicted molar refractivity (Wildman–Crippen MR) is 113 cm³/mol. The van der Waals surface area contributed by atoms with E-state index in [0.717, 1.165) is 34.7 Å². The van der Waals surface area contributed by atoms with Crippen LogP contribution in [0.5, 0.6) is 5.75 Å². The minimum absolute atomic E-state index is 0.0599. The average Bonchev–Trinajstić information content (AvgIpc) is 3.14. The van der Waals surface area contributed by atoms with Crippen LogP contribution in [0.3, 0.4) is 0 Å². The second kappa shape index (κ2) is 7.38. The largest absolute Gasteiger partial charge is 0.487 e. The zero-order chi connectivity index (χ0) is 19.1. The highest BCUT2D eigenvalue weighted by molar-refractivity contribution is 7.12. The van der Waals surface area contributed by atoms with Gasteiger partial charge in [-0.15, -0.1) is 11.3 Å². The molecule has 4 aliphatic rings. The van der Waals surface area contributed by atoms with Gasteiger partial charge in [0.25, 0.3) is 5.91 Å². The number of halogens is 1. The molecule has 0 atom stereocenters. The smallest absolute Gasteiger partial charge is 0.261 e. The van der Waals surface area contributed by atoms with Crippen LogP contribution in [0.2, 0.25) is 5.02 Å². The van der Waals surface area contributed by atoms with Crippen molar-refractivity contribution in [2.45, 2.75) is 45.1 Å². The van der Waals surface area contributed by atoms with Gasteiger partial charge in [0.2, 0.25) is 0 Å². The fraction of sp³-hybridized carbons (Fsp3) is 0.522. The number of ether oxygens (including phenoxy) is 1. The minimum Gasteiger partial charge on any atom is -0.487 e. The predicted octanol–water partition coefficient (Wildman–Crippen LogP) is 5.93. The Morgan fingerprint density at radius 3 is 2.50 bits per heavy atom. The standard InChI is InChI=1S/C23H26ClNO2S/c24-19-3-1-2-4-20(19)27-12-18-8-21(28-13-18)22(26)25-14-23-9-15-5-16(10-23)7-17(6-15)11-23/h1-4,8,13,15-17H,5-7,9-12,14H2,(H,25,26). The van der Waals surface area contributed by atoms with Gasteiger partial charge in [-0.1, -0.05) is 23.7 Å². The zero-order valence-corrected chi connectivity index (χ0v) is 17.5. The summed E-state index contributed by atoms with van der Waals surface area (Å²) in [6, 6.07) is 9.39. The summed E-state index contributed by atoms with van der Waals surface area (Å²) in [6.45, 7) is 1.27. The van der Waals surface area contributed by atoms with Gasteiger partial charge in [0.05, 0.1) is 9.90 Å². The molecule has 3 nitrogen and oxygen atoms in total. The molecule has 28 heavy (non-hydrogen) atoms. The SMILES string of the molecule is O=C(NCC12CC3CC(CC(C3)C1)C2)c1cc(COc2ccccc2Cl)cs1. The fourth-order valence-corrected chi connectivity index (χ4v) is 7.16. The molecule has 2 aromatic rings. The van der Waals surface area contributed by atoms with Crippen LogP contribution < -0.4 is 10.1 Å². The van der Waals surface area contributed by atoms with Gasteiger partial charge >= 0.3 is 0 Å². The van der Waals surface area contributed by atoms with Gasteiger partial charge in [0, 0.05) is 12.1 Å². The zero-order valence-electron chi connectivity index (χ0n) is 16.0. The van der Waals surface area contributed by atoms with Crippen LogP contribution in [-0.2, 0) is 6.61 Å². The fourth-order valence-electron chi connectivity index (χ4n) is 6.15. The molecule has 6 rings (SSSR count). The van der Waals surface area contributed by atoms with Crippen LogP contribution in [0.15, 0.2) is 35.7 Å². The lowest BCUT2D eigenvalue weighted by molar-refractivity contribution is -0.0503. The minimum atomic E-state index is 0.0599. The van der Waals surface area contributed by atoms with Crippen molar-refractivity contribution in [3.05, 3.63) is 51.2 Å². The number of hydrogen-bond acceptors (Lipinski definition) is 3. The van der Waals surface area contributed by atoms with Crippen molar-refractivity contribution < 1.29 is 9.53 Å². The Kier molecular flexibility index (Phi) is 4.88. The van der Waals surface area contributed by atoms with Crippen molar-refractivity contribution in [3.63, 3.8) is 0 Å². The van der Waals surface area contributed by atoms with Crippen molar-refractivity contribution in [3.8, 4) is 5.75 Å². The second-order valence-electron chi connectivity index (χ2n) is 9.14. The van der Waals surface area contributed by atoms with Gasteiger partial charge in [0.1, 0.15) is 12.4 Å². The van der Waals surface area contributed by atoms with E-state index in [0.29, 0.717) is 22.8 Å². The van der Waals surface area contributed by atoms with Gasteiger partial charge in [-0.25, -0.2) is 0 Å². The Hall–Kier alpha value is -1.52. The van der Waals surface area contributed by atoms with Crippen LogP contribution >= 0.6 is 22.9 Å². The highest BCUT2D eigenvalue weighted by Crippen LogP contribution is 2.59. The monoisotopic (exact) mass is 415 g/mol. The Bertz CT molecular complexity index is 842. The molecule has 1 heterocycles. The summed E-state index contributed by atoms with van der Waals surface area (Å²) in [7, 11) is 0. The van der Waals surface area contributed by atoms with Crippen molar-refractivity contribution in [2.75, 3.05) is 6.54 Å². The first-order chi connectivity index (χ1) is 13.6. The molecule has 4 aliphatic carbocycles. The van der Waals surface area contributed by atoms with Crippen molar-refractivity contribution in [1.82, 2.24) is 5.32 Å². The maximum atomic E-state index is 12.7. The van der Waals surface area contributed by atoms with E-state index in [4.69, 9.17) is 16.3 Å². The molecule has 0 saturated heterocycles. The van der Waals surface area contributed by atoms with Crippen molar-refractivity contribution in [1.29, 1.82) is 0 Å². The first kappa shape index (κ1) is 18.5. The number of para-hydroxylation sites is 1. The summed E-state index contributed by atoms with van der Waals surface area (Å²) in [6.07, 6.45) is 8.27. The van der Waals surface area contributed by atoms with Crippen LogP contribution in [0.4, 0.5) is 0 Å². The Morgan fingerprint density at radius 1 is 1.14 bits per heavy atom. The van der Waals surface area contributed by atoms with E-state index in [1.54, 1.807) is 0 Å². The number of amides is 1. The van der Waals surface area contributed by atoms with Gasteiger partial charge in [-0.2, -0.15) is 0 Å². The number of carbonyl (C=O) groups is 1. The normalized spacial score (nSPS) is 30.4. The number of hydrogen-bond donors (Lipinski definition) is 1. The molecule has 148 valence electrons. The summed E-state index contributed by atoms with van der Waals surface area (Å²) in [5, 5.41) is 5.86. The molecule has 0 radical (unpaired) electrons. The number of thiophene rings is 1. The number of nitrogens with one attached hydrogen (secondary N) is 1. The maximum absolute atomic E-state index is 12.7. The van der Waals surface area contributed by atoms with Gasteiger partial charge in [0.15, 0.2) is 0 Å². The van der Waals surface area contributed by atoms with Crippen LogP contribution in [0, 0.1) is 23.2 Å². The van der Waals surface area contributed by atoms with Gasteiger partial charge in [-0.3, -0.25) is 4.79 Å². The van der Waals surface area contributed by atoms with Crippen LogP contribution in [0.1, 0.15) is 53.8 Å². The van der Waals surface area contributed by atoms with Crippen molar-refractivity contribution in [2.24, 2.45) is 23.2 Å². The quantitative estimate of drug-likeness (QED) is 0.635. The van der Waals surface area contributed by atoms with E-state index in [-0.39, 0.29) is 5.91 Å². The summed E-state index contributed by atoms with van der Waals surface area (Å²) < 4.78 is 5.78. The lowest BCUT2D eigenvalue weighted by atomic mass is 9.49. The third-order valence-corrected chi connectivity index (χ3v) is 8.19. The molecule has 1 aromatic carbocycles. The summed E-state index contributed by atoms with van der Waals surface area (Å²) in [4.78, 5) is 13.5. The van der Waals surface area contributed by atoms with Crippen LogP contribution in [0.25, 0.3) is 0 Å². The molecular formula is C23H26ClNO2S. The lowest BCUT2D eigenvalue weighted by Gasteiger charge is -2.56. The highest BCUT2D eigenvalue weighted by Gasteiger charge is 2.50. The molecule has 4 bridgehead atoms. The molecule has 1 N–H and O–H groups in total. The van der Waals surface area contributed by atoms with E-state index in [1.165, 1.54) is 49.9 Å². The summed E-state index contributed by atoms with van der Waals surface area (Å²) in [5.74, 6) is 3.48. The van der Waals surface area contributed by atoms with E-state index < -0.39 is 0 Å². The number of rotatable bonds is 6. The maximum Gasteiger partial charge on any atom is 0.261 e. The van der Waals surface area contributed by atoms with Crippen molar-refractivity contribution >= 4 is 28.8 Å². The van der Waals surface area contributed by atoms with E-state index >= 15 is 0 Å². The van der Waals surface area contributed by atoms with Gasteiger partial charge < -0.3 is 10.1 Å². The number of carbonyl (C=O) groups excluding carboxylic acids is 1. The van der Waals surface area contributed by atoms with E-state index in [9.17, 15) is 4.79 Å². The Balaban J connectivity index is 1.17. The third kappa shape index (κ3) is 3.69. The molecule has 0 unspecified atom stereocenters. The van der Waals surface area contributed by atoms with Crippen LogP contribution in [-0.4, -0.2) is 12.5 Å². The molecule has 1 aromatic heterocycles. The summed E-state index contributed by atoms with van der Waals surface area (Å²) in [5.41, 5.74) is 1.38. The second-order valence-corrected chi connectivity index (χ2v) is 10.5. The first-order valence-corrected chi connectivity index (χ1v) is 11.6. The van der Waals surface area contributed by atoms with E-state index in [1.807, 2.05) is 35.7 Å². The molecule has 0 aliphatic heterocycles. The Morgan fingerprint density at radius 2 is 1.82 bits per heavy atom. The molecular weight excluding hydrogens is 390 g/mol. The summed E-state index contributed by atoms with van der Waals surface area (Å²) >= 11 is 7.62. The topological polar surface area (TPSA) is 38.3 Å². The average molecular weight is 416 g/mol. The molecule has 4 saturated carbocycles.